The Morgan fingerprint density at radius 3 is 2.80 bits per heavy atom. The van der Waals surface area contributed by atoms with Crippen LogP contribution in [0.4, 0.5) is 0 Å². The van der Waals surface area contributed by atoms with Gasteiger partial charge in [-0.2, -0.15) is 0 Å². The number of ether oxygens (including phenoxy) is 1. The smallest absolute Gasteiger partial charge is 0.337 e. The van der Waals surface area contributed by atoms with Gasteiger partial charge in [0.1, 0.15) is 5.75 Å². The van der Waals surface area contributed by atoms with Crippen molar-refractivity contribution in [3.05, 3.63) is 41.1 Å². The molecule has 106 valence electrons. The molecule has 0 aromatic heterocycles. The third-order valence-corrected chi connectivity index (χ3v) is 3.75. The Labute approximate surface area is 122 Å². The van der Waals surface area contributed by atoms with E-state index in [2.05, 4.69) is 5.32 Å². The summed E-state index contributed by atoms with van der Waals surface area (Å²) >= 11 is 5.26. The summed E-state index contributed by atoms with van der Waals surface area (Å²) < 4.78 is 4.86. The number of esters is 1. The Balaban J connectivity index is 2.55. The van der Waals surface area contributed by atoms with E-state index in [0.29, 0.717) is 10.7 Å². The largest absolute Gasteiger partial charge is 0.508 e. The molecule has 0 saturated carbocycles. The summed E-state index contributed by atoms with van der Waals surface area (Å²) in [5.41, 5.74) is 1.96. The summed E-state index contributed by atoms with van der Waals surface area (Å²) in [6.07, 6.45) is 0. The van der Waals surface area contributed by atoms with Crippen molar-refractivity contribution >= 4 is 23.3 Å². The molecule has 0 amide bonds. The summed E-state index contributed by atoms with van der Waals surface area (Å²) in [5.74, 6) is -0.284. The van der Waals surface area contributed by atoms with Gasteiger partial charge in [-0.15, -0.1) is 0 Å². The van der Waals surface area contributed by atoms with Gasteiger partial charge in [-0.3, -0.25) is 0 Å². The lowest BCUT2D eigenvalue weighted by Crippen LogP contribution is -2.46. The molecule has 20 heavy (non-hydrogen) atoms. The number of phenolic OH excluding ortho intramolecular Hbond substituents is 1. The van der Waals surface area contributed by atoms with E-state index in [1.54, 1.807) is 30.1 Å². The van der Waals surface area contributed by atoms with Crippen molar-refractivity contribution in [1.82, 2.24) is 10.2 Å². The van der Waals surface area contributed by atoms with Gasteiger partial charge in [-0.25, -0.2) is 4.79 Å². The molecule has 2 rings (SSSR count). The van der Waals surface area contributed by atoms with Crippen LogP contribution in [0.1, 0.15) is 18.5 Å². The third kappa shape index (κ3) is 2.46. The zero-order valence-electron chi connectivity index (χ0n) is 11.5. The Morgan fingerprint density at radius 2 is 2.20 bits per heavy atom. The zero-order chi connectivity index (χ0) is 14.9. The first kappa shape index (κ1) is 14.3. The highest BCUT2D eigenvalue weighted by Gasteiger charge is 2.33. The number of benzene rings is 1. The fraction of sp³-hybridized carbons (Fsp3) is 0.286. The van der Waals surface area contributed by atoms with E-state index in [0.717, 1.165) is 11.3 Å². The minimum atomic E-state index is -0.432. The molecule has 1 unspecified atom stereocenters. The van der Waals surface area contributed by atoms with Crippen LogP contribution in [0.2, 0.25) is 0 Å². The lowest BCUT2D eigenvalue weighted by Gasteiger charge is -2.35. The van der Waals surface area contributed by atoms with Gasteiger partial charge >= 0.3 is 5.97 Å². The van der Waals surface area contributed by atoms with Crippen LogP contribution in [0.15, 0.2) is 35.5 Å². The number of nitrogens with zero attached hydrogens (tertiary/aromatic N) is 1. The molecule has 1 aliphatic heterocycles. The number of thiocarbonyl (C=S) groups is 1. The maximum atomic E-state index is 12.0. The molecule has 0 saturated heterocycles. The van der Waals surface area contributed by atoms with Crippen molar-refractivity contribution in [3.8, 4) is 5.75 Å². The number of carbonyl (C=O) groups is 1. The van der Waals surface area contributed by atoms with Crippen molar-refractivity contribution in [1.29, 1.82) is 0 Å². The van der Waals surface area contributed by atoms with Gasteiger partial charge in [0.05, 0.1) is 18.7 Å². The van der Waals surface area contributed by atoms with Crippen LogP contribution in [0, 0.1) is 0 Å². The predicted octanol–water partition coefficient (Wildman–Crippen LogP) is 1.70. The molecule has 0 spiro atoms. The molecule has 2 N–H and O–H groups in total. The maximum Gasteiger partial charge on any atom is 0.337 e. The minimum absolute atomic E-state index is 0.135. The van der Waals surface area contributed by atoms with E-state index >= 15 is 0 Å². The maximum absolute atomic E-state index is 12.0. The van der Waals surface area contributed by atoms with Crippen LogP contribution in [0.25, 0.3) is 0 Å². The summed E-state index contributed by atoms with van der Waals surface area (Å²) in [6.45, 7) is 1.81. The van der Waals surface area contributed by atoms with Gasteiger partial charge in [-0.05, 0) is 36.8 Å². The van der Waals surface area contributed by atoms with E-state index in [9.17, 15) is 9.90 Å². The zero-order valence-corrected chi connectivity index (χ0v) is 12.3. The van der Waals surface area contributed by atoms with E-state index < -0.39 is 12.0 Å². The number of rotatable bonds is 2. The number of nitrogens with one attached hydrogen (secondary N) is 1. The molecule has 6 heteroatoms. The molecular weight excluding hydrogens is 276 g/mol. The lowest BCUT2D eigenvalue weighted by atomic mass is 9.95. The number of methoxy groups -OCH3 is 1. The number of aromatic hydroxyl groups is 1. The third-order valence-electron chi connectivity index (χ3n) is 3.36. The number of phenols is 1. The topological polar surface area (TPSA) is 61.8 Å². The van der Waals surface area contributed by atoms with E-state index in [-0.39, 0.29) is 5.75 Å². The quantitative estimate of drug-likeness (QED) is 0.639. The molecule has 1 aromatic rings. The molecular formula is C14H16N2O3S. The van der Waals surface area contributed by atoms with Crippen LogP contribution in [-0.2, 0) is 9.53 Å². The number of hydrogen-bond donors (Lipinski definition) is 2. The van der Waals surface area contributed by atoms with E-state index in [4.69, 9.17) is 17.0 Å². The van der Waals surface area contributed by atoms with Crippen molar-refractivity contribution < 1.29 is 14.6 Å². The average molecular weight is 292 g/mol. The van der Waals surface area contributed by atoms with E-state index in [1.165, 1.54) is 7.11 Å². The van der Waals surface area contributed by atoms with Gasteiger partial charge < -0.3 is 20.1 Å². The van der Waals surface area contributed by atoms with Crippen LogP contribution in [0.3, 0.4) is 0 Å². The normalized spacial score (nSPS) is 18.9. The SMILES string of the molecule is COC(=O)C1=C(C)N(C)C(=S)NC1c1cccc(O)c1. The Bertz CT molecular complexity index is 598. The molecule has 1 aromatic carbocycles. The number of allylic oxidation sites excluding steroid dienone is 1. The van der Waals surface area contributed by atoms with Crippen molar-refractivity contribution in [2.24, 2.45) is 0 Å². The second kappa shape index (κ2) is 5.50. The first-order chi connectivity index (χ1) is 9.45. The summed E-state index contributed by atoms with van der Waals surface area (Å²) in [4.78, 5) is 13.8. The van der Waals surface area contributed by atoms with Crippen molar-refractivity contribution in [2.75, 3.05) is 14.2 Å². The Kier molecular flexibility index (Phi) is 3.94. The molecule has 1 aliphatic rings. The minimum Gasteiger partial charge on any atom is -0.508 e. The fourth-order valence-corrected chi connectivity index (χ4v) is 2.42. The van der Waals surface area contributed by atoms with E-state index in [1.807, 2.05) is 13.0 Å². The van der Waals surface area contributed by atoms with Gasteiger partial charge in [0.25, 0.3) is 0 Å². The fourth-order valence-electron chi connectivity index (χ4n) is 2.16. The predicted molar refractivity (Wildman–Crippen MR) is 79.1 cm³/mol. The average Bonchev–Trinajstić information content (AvgIpc) is 2.43. The Hall–Kier alpha value is -2.08. The van der Waals surface area contributed by atoms with Gasteiger partial charge in [0.2, 0.25) is 0 Å². The van der Waals surface area contributed by atoms with Crippen LogP contribution < -0.4 is 5.32 Å². The summed E-state index contributed by atoms with van der Waals surface area (Å²) in [7, 11) is 3.13. The first-order valence-corrected chi connectivity index (χ1v) is 6.48. The highest BCUT2D eigenvalue weighted by atomic mass is 32.1. The van der Waals surface area contributed by atoms with Crippen LogP contribution in [0.5, 0.6) is 5.75 Å². The van der Waals surface area contributed by atoms with Crippen LogP contribution >= 0.6 is 12.2 Å². The van der Waals surface area contributed by atoms with Gasteiger partial charge in [-0.1, -0.05) is 12.1 Å². The second-order valence-corrected chi connectivity index (χ2v) is 4.91. The monoisotopic (exact) mass is 292 g/mol. The molecule has 0 fully saturated rings. The van der Waals surface area contributed by atoms with Gasteiger partial charge in [0.15, 0.2) is 5.11 Å². The summed E-state index contributed by atoms with van der Waals surface area (Å²) in [6, 6.07) is 6.28. The summed E-state index contributed by atoms with van der Waals surface area (Å²) in [5, 5.41) is 13.2. The highest BCUT2D eigenvalue weighted by molar-refractivity contribution is 7.80. The Morgan fingerprint density at radius 1 is 1.50 bits per heavy atom. The number of carbonyl (C=O) groups excluding carboxylic acids is 1. The molecule has 5 nitrogen and oxygen atoms in total. The second-order valence-electron chi connectivity index (χ2n) is 4.53. The molecule has 0 aliphatic carbocycles. The van der Waals surface area contributed by atoms with Gasteiger partial charge in [0, 0.05) is 12.7 Å². The van der Waals surface area contributed by atoms with Crippen LogP contribution in [-0.4, -0.2) is 35.2 Å². The van der Waals surface area contributed by atoms with Crippen molar-refractivity contribution in [2.45, 2.75) is 13.0 Å². The number of hydrogen-bond acceptors (Lipinski definition) is 4. The van der Waals surface area contributed by atoms with Crippen molar-refractivity contribution in [3.63, 3.8) is 0 Å². The first-order valence-electron chi connectivity index (χ1n) is 6.08. The lowest BCUT2D eigenvalue weighted by molar-refractivity contribution is -0.136. The molecule has 0 radical (unpaired) electrons. The molecule has 1 atom stereocenters. The standard InChI is InChI=1S/C14H16N2O3S/c1-8-11(13(18)19-3)12(15-14(20)16(8)2)9-5-4-6-10(17)7-9/h4-7,12,17H,1-3H3,(H,15,20). The molecule has 0 bridgehead atoms. The molecule has 1 heterocycles. The highest BCUT2D eigenvalue weighted by Crippen LogP contribution is 2.31.